The summed E-state index contributed by atoms with van der Waals surface area (Å²) in [5.74, 6) is 1.93. The number of thioether (sulfide) groups is 1. The zero-order valence-corrected chi connectivity index (χ0v) is 8.52. The van der Waals surface area contributed by atoms with E-state index in [1.807, 2.05) is 11.8 Å². The van der Waals surface area contributed by atoms with E-state index in [1.165, 1.54) is 11.3 Å². The predicted octanol–water partition coefficient (Wildman–Crippen LogP) is 1.15. The minimum Gasteiger partial charge on any atom is -0.324 e. The van der Waals surface area contributed by atoms with Gasteiger partial charge in [-0.3, -0.25) is 0 Å². The third kappa shape index (κ3) is 1.56. The van der Waals surface area contributed by atoms with E-state index < -0.39 is 0 Å². The molecule has 1 aromatic rings. The first kappa shape index (κ1) is 8.97. The first-order valence-electron chi connectivity index (χ1n) is 4.56. The molecule has 0 spiro atoms. The molecule has 0 aromatic carbocycles. The summed E-state index contributed by atoms with van der Waals surface area (Å²) in [5.41, 5.74) is 8.08. The van der Waals surface area contributed by atoms with Crippen LogP contribution in [-0.4, -0.2) is 15.7 Å². The molecule has 2 rings (SSSR count). The Kier molecular flexibility index (Phi) is 2.51. The second-order valence-corrected chi connectivity index (χ2v) is 4.11. The summed E-state index contributed by atoms with van der Waals surface area (Å²) in [7, 11) is 0. The fourth-order valence-corrected chi connectivity index (χ4v) is 2.62. The quantitative estimate of drug-likeness (QED) is 0.719. The van der Waals surface area contributed by atoms with Crippen molar-refractivity contribution in [2.75, 3.05) is 5.75 Å². The number of aromatic nitrogens is 2. The normalized spacial score (nSPS) is 14.6. The van der Waals surface area contributed by atoms with Gasteiger partial charge in [-0.25, -0.2) is 9.97 Å². The third-order valence-corrected chi connectivity index (χ3v) is 3.23. The molecule has 0 bridgehead atoms. The summed E-state index contributed by atoms with van der Waals surface area (Å²) < 4.78 is 0. The number of nitrogens with two attached hydrogens (primary N) is 1. The summed E-state index contributed by atoms with van der Waals surface area (Å²) in [4.78, 5) is 8.84. The number of hydrogen-bond donors (Lipinski definition) is 1. The number of fused-ring (bicyclic) bond motifs is 1. The fraction of sp³-hybridized carbons (Fsp3) is 0.556. The van der Waals surface area contributed by atoms with E-state index >= 15 is 0 Å². The van der Waals surface area contributed by atoms with Gasteiger partial charge in [0.05, 0.1) is 6.54 Å². The topological polar surface area (TPSA) is 51.8 Å². The molecule has 0 unspecified atom stereocenters. The lowest BCUT2D eigenvalue weighted by molar-refractivity contribution is 0.804. The van der Waals surface area contributed by atoms with Crippen molar-refractivity contribution in [1.82, 2.24) is 9.97 Å². The molecule has 0 amide bonds. The zero-order valence-electron chi connectivity index (χ0n) is 7.71. The van der Waals surface area contributed by atoms with Crippen molar-refractivity contribution in [2.45, 2.75) is 31.3 Å². The van der Waals surface area contributed by atoms with E-state index in [0.717, 1.165) is 29.4 Å². The average molecular weight is 195 g/mol. The average Bonchev–Trinajstić information content (AvgIpc) is 2.63. The van der Waals surface area contributed by atoms with Crippen LogP contribution in [0, 0.1) is 0 Å². The molecule has 3 nitrogen and oxygen atoms in total. The van der Waals surface area contributed by atoms with E-state index in [9.17, 15) is 0 Å². The molecule has 1 aliphatic rings. The monoisotopic (exact) mass is 195 g/mol. The van der Waals surface area contributed by atoms with E-state index in [1.54, 1.807) is 0 Å². The largest absolute Gasteiger partial charge is 0.324 e. The Morgan fingerprint density at radius 1 is 1.46 bits per heavy atom. The van der Waals surface area contributed by atoms with Gasteiger partial charge in [0, 0.05) is 17.0 Å². The van der Waals surface area contributed by atoms with Gasteiger partial charge in [-0.15, -0.1) is 11.8 Å². The van der Waals surface area contributed by atoms with Crippen LogP contribution in [-0.2, 0) is 19.4 Å². The van der Waals surface area contributed by atoms with Gasteiger partial charge in [0.1, 0.15) is 10.9 Å². The Hall–Kier alpha value is -0.610. The molecular weight excluding hydrogens is 182 g/mol. The van der Waals surface area contributed by atoms with Gasteiger partial charge in [-0.2, -0.15) is 0 Å². The van der Waals surface area contributed by atoms with E-state index in [4.69, 9.17) is 5.73 Å². The molecule has 4 heteroatoms. The lowest BCUT2D eigenvalue weighted by atomic mass is 10.1. The predicted molar refractivity (Wildman–Crippen MR) is 53.7 cm³/mol. The minimum atomic E-state index is 0.445. The highest BCUT2D eigenvalue weighted by atomic mass is 32.2. The molecule has 0 saturated heterocycles. The molecule has 0 aliphatic carbocycles. The van der Waals surface area contributed by atoms with Gasteiger partial charge in [0.2, 0.25) is 0 Å². The number of nitrogens with zero attached hydrogens (tertiary/aromatic N) is 2. The lowest BCUT2D eigenvalue weighted by Crippen LogP contribution is -2.08. The van der Waals surface area contributed by atoms with Crippen molar-refractivity contribution in [3.63, 3.8) is 0 Å². The number of aryl methyl sites for hydroxylation is 1. The van der Waals surface area contributed by atoms with Crippen molar-refractivity contribution in [1.29, 1.82) is 0 Å². The van der Waals surface area contributed by atoms with Gasteiger partial charge >= 0.3 is 0 Å². The van der Waals surface area contributed by atoms with Crippen LogP contribution in [0.3, 0.4) is 0 Å². The van der Waals surface area contributed by atoms with Gasteiger partial charge in [-0.1, -0.05) is 6.92 Å². The second kappa shape index (κ2) is 3.64. The Bertz CT molecular complexity index is 325. The van der Waals surface area contributed by atoms with Crippen LogP contribution in [0.5, 0.6) is 0 Å². The Balaban J connectivity index is 2.49. The van der Waals surface area contributed by atoms with Crippen LogP contribution in [0.2, 0.25) is 0 Å². The Morgan fingerprint density at radius 2 is 2.31 bits per heavy atom. The molecule has 2 heterocycles. The number of rotatable bonds is 2. The van der Waals surface area contributed by atoms with Crippen LogP contribution in [0.15, 0.2) is 5.03 Å². The molecule has 0 radical (unpaired) electrons. The van der Waals surface area contributed by atoms with E-state index in [-0.39, 0.29) is 0 Å². The van der Waals surface area contributed by atoms with Crippen LogP contribution < -0.4 is 5.73 Å². The highest BCUT2D eigenvalue weighted by molar-refractivity contribution is 7.99. The third-order valence-electron chi connectivity index (χ3n) is 2.21. The van der Waals surface area contributed by atoms with Crippen molar-refractivity contribution < 1.29 is 0 Å². The first-order chi connectivity index (χ1) is 6.35. The van der Waals surface area contributed by atoms with Crippen LogP contribution in [0.25, 0.3) is 0 Å². The molecule has 0 fully saturated rings. The Labute approximate surface area is 82.2 Å². The van der Waals surface area contributed by atoms with Crippen LogP contribution in [0.1, 0.15) is 24.0 Å². The van der Waals surface area contributed by atoms with E-state index in [0.29, 0.717) is 6.54 Å². The SMILES string of the molecule is CCc1nc(CN)nc2c1CCS2. The fourth-order valence-electron chi connectivity index (χ4n) is 1.56. The maximum atomic E-state index is 5.53. The zero-order chi connectivity index (χ0) is 9.26. The van der Waals surface area contributed by atoms with Gasteiger partial charge in [-0.05, 0) is 12.8 Å². The van der Waals surface area contributed by atoms with Gasteiger partial charge in [0.15, 0.2) is 0 Å². The van der Waals surface area contributed by atoms with Crippen molar-refractivity contribution in [3.8, 4) is 0 Å². The molecule has 2 N–H and O–H groups in total. The standard InChI is InChI=1S/C9H13N3S/c1-2-7-6-3-4-13-9(6)12-8(5-10)11-7/h2-5,10H2,1H3. The summed E-state index contributed by atoms with van der Waals surface area (Å²) >= 11 is 1.82. The summed E-state index contributed by atoms with van der Waals surface area (Å²) in [6.07, 6.45) is 2.10. The lowest BCUT2D eigenvalue weighted by Gasteiger charge is -2.05. The molecule has 1 aliphatic heterocycles. The summed E-state index contributed by atoms with van der Waals surface area (Å²) in [5, 5.41) is 1.16. The van der Waals surface area contributed by atoms with Crippen molar-refractivity contribution in [2.24, 2.45) is 5.73 Å². The first-order valence-corrected chi connectivity index (χ1v) is 5.55. The molecule has 0 saturated carbocycles. The molecule has 70 valence electrons. The van der Waals surface area contributed by atoms with Gasteiger partial charge < -0.3 is 5.73 Å². The highest BCUT2D eigenvalue weighted by Gasteiger charge is 2.18. The van der Waals surface area contributed by atoms with Crippen LogP contribution in [0.4, 0.5) is 0 Å². The smallest absolute Gasteiger partial charge is 0.143 e. The Morgan fingerprint density at radius 3 is 3.00 bits per heavy atom. The van der Waals surface area contributed by atoms with E-state index in [2.05, 4.69) is 16.9 Å². The molecular formula is C9H13N3S. The summed E-state index contributed by atoms with van der Waals surface area (Å²) in [6.45, 7) is 2.58. The minimum absolute atomic E-state index is 0.445. The molecule has 13 heavy (non-hydrogen) atoms. The maximum Gasteiger partial charge on any atom is 0.143 e. The summed E-state index contributed by atoms with van der Waals surface area (Å²) in [6, 6.07) is 0. The number of hydrogen-bond acceptors (Lipinski definition) is 4. The van der Waals surface area contributed by atoms with Crippen molar-refractivity contribution >= 4 is 11.8 Å². The maximum absolute atomic E-state index is 5.53. The van der Waals surface area contributed by atoms with Gasteiger partial charge in [0.25, 0.3) is 0 Å². The van der Waals surface area contributed by atoms with Crippen molar-refractivity contribution in [3.05, 3.63) is 17.1 Å². The molecule has 1 aromatic heterocycles. The van der Waals surface area contributed by atoms with Crippen LogP contribution >= 0.6 is 11.8 Å². The second-order valence-electron chi connectivity index (χ2n) is 3.03. The highest BCUT2D eigenvalue weighted by Crippen LogP contribution is 2.31. The molecule has 0 atom stereocenters.